The molecule has 0 radical (unpaired) electrons. The summed E-state index contributed by atoms with van der Waals surface area (Å²) in [5.41, 5.74) is 2.29. The Kier molecular flexibility index (Phi) is 6.78. The molecule has 0 bridgehead atoms. The third-order valence-corrected chi connectivity index (χ3v) is 4.26. The first-order chi connectivity index (χ1) is 13.6. The molecule has 3 rings (SSSR count). The molecule has 2 unspecified atom stereocenters. The lowest BCUT2D eigenvalue weighted by atomic mass is 10.0. The summed E-state index contributed by atoms with van der Waals surface area (Å²) in [6.45, 7) is 0.359. The highest BCUT2D eigenvalue weighted by Crippen LogP contribution is 2.23. The predicted octanol–water partition coefficient (Wildman–Crippen LogP) is 3.05. The highest BCUT2D eigenvalue weighted by Gasteiger charge is 2.18. The second-order valence-electron chi connectivity index (χ2n) is 6.29. The van der Waals surface area contributed by atoms with Crippen molar-refractivity contribution in [1.82, 2.24) is 10.5 Å². The van der Waals surface area contributed by atoms with Gasteiger partial charge in [0.05, 0.1) is 12.3 Å². The van der Waals surface area contributed by atoms with Crippen molar-refractivity contribution in [3.63, 3.8) is 0 Å². The minimum atomic E-state index is -1.06. The molecular weight excluding hydrogens is 360 g/mol. The molecular formula is C21H22N2O5. The highest BCUT2D eigenvalue weighted by molar-refractivity contribution is 5.67. The maximum absolute atomic E-state index is 11.7. The topological polar surface area (TPSA) is 105 Å². The fraction of sp³-hybridized carbons (Fsp3) is 0.238. The third-order valence-electron chi connectivity index (χ3n) is 4.26. The highest BCUT2D eigenvalue weighted by atomic mass is 16.5. The van der Waals surface area contributed by atoms with Crippen LogP contribution in [0.2, 0.25) is 0 Å². The number of aromatic nitrogens is 1. The van der Waals surface area contributed by atoms with Gasteiger partial charge in [0, 0.05) is 18.2 Å². The van der Waals surface area contributed by atoms with Crippen molar-refractivity contribution in [3.05, 3.63) is 78.0 Å². The minimum Gasteiger partial charge on any atom is -0.445 e. The van der Waals surface area contributed by atoms with Crippen molar-refractivity contribution < 1.29 is 24.3 Å². The molecule has 0 aliphatic heterocycles. The molecule has 2 aromatic carbocycles. The van der Waals surface area contributed by atoms with Gasteiger partial charge >= 0.3 is 6.09 Å². The maximum Gasteiger partial charge on any atom is 0.407 e. The number of carbonyl (C=O) groups excluding carboxylic acids is 1. The molecule has 0 fully saturated rings. The largest absolute Gasteiger partial charge is 0.445 e. The molecule has 3 aromatic rings. The summed E-state index contributed by atoms with van der Waals surface area (Å²) in [6.07, 6.45) is -0.913. The molecule has 0 saturated carbocycles. The zero-order chi connectivity index (χ0) is 19.8. The van der Waals surface area contributed by atoms with Gasteiger partial charge in [-0.1, -0.05) is 59.8 Å². The van der Waals surface area contributed by atoms with E-state index >= 15 is 0 Å². The van der Waals surface area contributed by atoms with Crippen LogP contribution in [0.5, 0.6) is 0 Å². The van der Waals surface area contributed by atoms with Gasteiger partial charge in [0.15, 0.2) is 5.76 Å². The van der Waals surface area contributed by atoms with Crippen molar-refractivity contribution in [2.24, 2.45) is 0 Å². The third kappa shape index (κ3) is 5.42. The van der Waals surface area contributed by atoms with Crippen LogP contribution in [0, 0.1) is 0 Å². The standard InChI is InChI=1S/C21H22N2O5/c24-18(10-12-22-21(26)27-14-15-4-2-1-3-5-15)20(25)17-8-6-16(7-9-17)19-11-13-23-28-19/h1-9,11,13,18,20,24-25H,10,12,14H2,(H,22,26). The normalized spacial score (nSPS) is 12.9. The number of benzene rings is 2. The van der Waals surface area contributed by atoms with Gasteiger partial charge in [-0.2, -0.15) is 0 Å². The fourth-order valence-electron chi connectivity index (χ4n) is 2.69. The molecule has 146 valence electrons. The van der Waals surface area contributed by atoms with Gasteiger partial charge in [-0.15, -0.1) is 0 Å². The predicted molar refractivity (Wildman–Crippen MR) is 102 cm³/mol. The summed E-state index contributed by atoms with van der Waals surface area (Å²) >= 11 is 0. The van der Waals surface area contributed by atoms with Crippen molar-refractivity contribution >= 4 is 6.09 Å². The number of amides is 1. The average molecular weight is 382 g/mol. The molecule has 2 atom stereocenters. The number of ether oxygens (including phenoxy) is 1. The van der Waals surface area contributed by atoms with Crippen LogP contribution in [0.25, 0.3) is 11.3 Å². The number of alkyl carbamates (subject to hydrolysis) is 1. The van der Waals surface area contributed by atoms with E-state index in [1.54, 1.807) is 36.5 Å². The first kappa shape index (κ1) is 19.6. The van der Waals surface area contributed by atoms with Crippen LogP contribution in [0.15, 0.2) is 71.4 Å². The van der Waals surface area contributed by atoms with E-state index in [0.29, 0.717) is 11.3 Å². The summed E-state index contributed by atoms with van der Waals surface area (Å²) in [4.78, 5) is 11.7. The number of carbonyl (C=O) groups is 1. The molecule has 1 amide bonds. The lowest BCUT2D eigenvalue weighted by molar-refractivity contribution is 0.0136. The van der Waals surface area contributed by atoms with E-state index in [4.69, 9.17) is 9.26 Å². The van der Waals surface area contributed by atoms with E-state index in [0.717, 1.165) is 11.1 Å². The Morgan fingerprint density at radius 2 is 1.82 bits per heavy atom. The van der Waals surface area contributed by atoms with Crippen molar-refractivity contribution in [1.29, 1.82) is 0 Å². The van der Waals surface area contributed by atoms with Crippen molar-refractivity contribution in [3.8, 4) is 11.3 Å². The Labute approximate surface area is 162 Å². The van der Waals surface area contributed by atoms with Gasteiger partial charge in [-0.05, 0) is 17.5 Å². The second-order valence-corrected chi connectivity index (χ2v) is 6.29. The quantitative estimate of drug-likeness (QED) is 0.553. The monoisotopic (exact) mass is 382 g/mol. The minimum absolute atomic E-state index is 0.176. The van der Waals surface area contributed by atoms with Crippen LogP contribution in [-0.4, -0.2) is 34.1 Å². The number of hydrogen-bond donors (Lipinski definition) is 3. The number of rotatable bonds is 8. The molecule has 1 heterocycles. The SMILES string of the molecule is O=C(NCCC(O)C(O)c1ccc(-c2ccno2)cc1)OCc1ccccc1. The molecule has 3 N–H and O–H groups in total. The van der Waals surface area contributed by atoms with Crippen LogP contribution in [0.4, 0.5) is 4.79 Å². The van der Waals surface area contributed by atoms with Gasteiger partial charge in [-0.25, -0.2) is 4.79 Å². The van der Waals surface area contributed by atoms with Gasteiger partial charge < -0.3 is 24.8 Å². The Morgan fingerprint density at radius 1 is 1.07 bits per heavy atom. The summed E-state index contributed by atoms with van der Waals surface area (Å²) in [7, 11) is 0. The van der Waals surface area contributed by atoms with Gasteiger partial charge in [-0.3, -0.25) is 0 Å². The zero-order valence-corrected chi connectivity index (χ0v) is 15.2. The molecule has 7 nitrogen and oxygen atoms in total. The van der Waals surface area contributed by atoms with E-state index in [2.05, 4.69) is 10.5 Å². The maximum atomic E-state index is 11.7. The molecule has 0 aliphatic rings. The molecule has 28 heavy (non-hydrogen) atoms. The van der Waals surface area contributed by atoms with Crippen molar-refractivity contribution in [2.75, 3.05) is 6.54 Å². The summed E-state index contributed by atoms with van der Waals surface area (Å²) in [6, 6.07) is 18.1. The Bertz CT molecular complexity index is 850. The summed E-state index contributed by atoms with van der Waals surface area (Å²) in [5.74, 6) is 0.625. The first-order valence-electron chi connectivity index (χ1n) is 8.95. The van der Waals surface area contributed by atoms with Crippen molar-refractivity contribution in [2.45, 2.75) is 25.2 Å². The Hall–Kier alpha value is -3.16. The van der Waals surface area contributed by atoms with Crippen LogP contribution < -0.4 is 5.32 Å². The van der Waals surface area contributed by atoms with E-state index < -0.39 is 18.3 Å². The number of nitrogens with one attached hydrogen (secondary N) is 1. The van der Waals surface area contributed by atoms with Crippen LogP contribution >= 0.6 is 0 Å². The second kappa shape index (κ2) is 9.68. The van der Waals surface area contributed by atoms with E-state index in [1.165, 1.54) is 0 Å². The smallest absolute Gasteiger partial charge is 0.407 e. The van der Waals surface area contributed by atoms with E-state index in [1.807, 2.05) is 30.3 Å². The van der Waals surface area contributed by atoms with Crippen LogP contribution in [-0.2, 0) is 11.3 Å². The molecule has 1 aromatic heterocycles. The van der Waals surface area contributed by atoms with E-state index in [-0.39, 0.29) is 19.6 Å². The number of nitrogens with zero attached hydrogens (tertiary/aromatic N) is 1. The Morgan fingerprint density at radius 3 is 2.50 bits per heavy atom. The summed E-state index contributed by atoms with van der Waals surface area (Å²) < 4.78 is 10.2. The van der Waals surface area contributed by atoms with Crippen LogP contribution in [0.1, 0.15) is 23.7 Å². The number of aliphatic hydroxyl groups is 2. The van der Waals surface area contributed by atoms with Gasteiger partial charge in [0.1, 0.15) is 12.7 Å². The average Bonchev–Trinajstić information content (AvgIpc) is 3.27. The molecule has 7 heteroatoms. The lowest BCUT2D eigenvalue weighted by Crippen LogP contribution is -2.29. The number of aliphatic hydroxyl groups excluding tert-OH is 2. The van der Waals surface area contributed by atoms with Gasteiger partial charge in [0.25, 0.3) is 0 Å². The number of hydrogen-bond acceptors (Lipinski definition) is 6. The molecule has 0 aliphatic carbocycles. The molecule has 0 spiro atoms. The van der Waals surface area contributed by atoms with Crippen LogP contribution in [0.3, 0.4) is 0 Å². The molecule has 0 saturated heterocycles. The zero-order valence-electron chi connectivity index (χ0n) is 15.2. The first-order valence-corrected chi connectivity index (χ1v) is 8.95. The Balaban J connectivity index is 1.41. The summed E-state index contributed by atoms with van der Waals surface area (Å²) in [5, 5.41) is 26.7. The lowest BCUT2D eigenvalue weighted by Gasteiger charge is -2.18. The van der Waals surface area contributed by atoms with Gasteiger partial charge in [0.2, 0.25) is 0 Å². The van der Waals surface area contributed by atoms with E-state index in [9.17, 15) is 15.0 Å². The fourth-order valence-corrected chi connectivity index (χ4v) is 2.69.